The molecule has 27 heteroatoms. The third kappa shape index (κ3) is 23.0. The lowest BCUT2D eigenvalue weighted by Crippen LogP contribution is -2.63. The minimum atomic E-state index is -3.33. The zero-order valence-corrected chi connectivity index (χ0v) is 62.0. The van der Waals surface area contributed by atoms with Crippen LogP contribution in [-0.2, 0) is 62.6 Å². The van der Waals surface area contributed by atoms with Crippen LogP contribution < -0.4 is 21.3 Å². The molecule has 5 N–H and O–H groups in total. The quantitative estimate of drug-likeness (QED) is 0.131. The summed E-state index contributed by atoms with van der Waals surface area (Å²) >= 11 is 0. The molecule has 0 radical (unpaired) electrons. The maximum absolute atomic E-state index is 15.2. The Kier molecular flexibility index (Phi) is 33.3. The van der Waals surface area contributed by atoms with Crippen molar-refractivity contribution in [1.82, 2.24) is 60.5 Å². The second-order valence-electron chi connectivity index (χ2n) is 28.7. The second kappa shape index (κ2) is 37.3. The van der Waals surface area contributed by atoms with Gasteiger partial charge in [-0.05, 0) is 120 Å². The van der Waals surface area contributed by atoms with Crippen LogP contribution in [0.3, 0.4) is 0 Å². The molecule has 26 nitrogen and oxygen atoms in total. The number of nitrogens with zero attached hydrogens (tertiary/aromatic N) is 8. The highest BCUT2D eigenvalue weighted by molar-refractivity contribution is 7.91. The van der Waals surface area contributed by atoms with Gasteiger partial charge in [-0.15, -0.1) is 0 Å². The number of likely N-dealkylation sites (tertiary alicyclic amines) is 1. The van der Waals surface area contributed by atoms with Crippen LogP contribution in [0.2, 0.25) is 0 Å². The average molecular weight is 1350 g/mol. The normalized spacial score (nSPS) is 27.3. The van der Waals surface area contributed by atoms with Crippen molar-refractivity contribution in [2.75, 3.05) is 81.8 Å². The van der Waals surface area contributed by atoms with Crippen molar-refractivity contribution in [3.63, 3.8) is 0 Å². The summed E-state index contributed by atoms with van der Waals surface area (Å²) in [6, 6.07) is -12.9. The fourth-order valence-corrected chi connectivity index (χ4v) is 13.7. The number of aliphatic hydroxyl groups excluding tert-OH is 1. The Labute approximate surface area is 562 Å². The van der Waals surface area contributed by atoms with E-state index in [1.807, 2.05) is 46.4 Å². The molecule has 2 aliphatic heterocycles. The summed E-state index contributed by atoms with van der Waals surface area (Å²) in [4.78, 5) is 173. The number of hydrogen-bond donors (Lipinski definition) is 5. The second-order valence-corrected chi connectivity index (χ2v) is 31.0. The molecule has 538 valence electrons. The number of aliphatic hydroxyl groups is 1. The highest BCUT2D eigenvalue weighted by atomic mass is 32.2. The molecule has 0 aromatic heterocycles. The van der Waals surface area contributed by atoms with Gasteiger partial charge < -0.3 is 65.6 Å². The minimum absolute atomic E-state index is 0.0191. The SMILES string of the molecule is C/C=C/C[C@@H](C)[C@@H](O)[C@H]1C(=O)N[C@@H](CC)C(=O)N(C)CC(=O)N(C)[C@@H]([C@H](C)CN2CCC(S(C)(=O)=O)CC2)C(=O)NC(C(C)C)C(=O)N(C)[C@@H](CC(C)C)C(=O)N[C@@H](C)C(=O)N[C@H](C)C(=O)N(C)[C@@H](CC(C)C)C(=O)N(C)[C@@H](CC(C)C)C(=O)N(C)C(C(C)C)C(=O)N1C. The first kappa shape index (κ1) is 83.9. The zero-order chi connectivity index (χ0) is 72.5. The van der Waals surface area contributed by atoms with Gasteiger partial charge in [0.05, 0.1) is 17.9 Å². The lowest BCUT2D eigenvalue weighted by Gasteiger charge is -2.41. The first-order valence-electron chi connectivity index (χ1n) is 33.7. The van der Waals surface area contributed by atoms with Gasteiger partial charge in [0.1, 0.15) is 70.3 Å². The van der Waals surface area contributed by atoms with Crippen molar-refractivity contribution in [3.8, 4) is 0 Å². The van der Waals surface area contributed by atoms with Crippen LogP contribution in [0.4, 0.5) is 0 Å². The summed E-state index contributed by atoms with van der Waals surface area (Å²) in [6.45, 7) is 28.1. The Hall–Kier alpha value is -6.22. The van der Waals surface area contributed by atoms with Gasteiger partial charge >= 0.3 is 0 Å². The van der Waals surface area contributed by atoms with Crippen LogP contribution in [-0.4, -0.2) is 271 Å². The molecular weight excluding hydrogens is 1230 g/mol. The number of nitrogens with one attached hydrogen (secondary N) is 4. The van der Waals surface area contributed by atoms with E-state index in [1.54, 1.807) is 67.5 Å². The number of piperidine rings is 1. The first-order chi connectivity index (χ1) is 43.4. The topological polar surface area (TPSA) is 316 Å². The third-order valence-corrected chi connectivity index (χ3v) is 20.2. The lowest BCUT2D eigenvalue weighted by molar-refractivity contribution is -0.157. The van der Waals surface area contributed by atoms with E-state index in [0.717, 1.165) is 9.80 Å². The molecular formula is C67H120N12O14S. The first-order valence-corrected chi connectivity index (χ1v) is 35.6. The van der Waals surface area contributed by atoms with Crippen molar-refractivity contribution >= 4 is 74.8 Å². The van der Waals surface area contributed by atoms with Crippen molar-refractivity contribution in [2.24, 2.45) is 41.4 Å². The highest BCUT2D eigenvalue weighted by Crippen LogP contribution is 2.27. The molecule has 11 amide bonds. The van der Waals surface area contributed by atoms with Crippen LogP contribution in [0.5, 0.6) is 0 Å². The molecule has 2 unspecified atom stereocenters. The summed E-state index contributed by atoms with van der Waals surface area (Å²) < 4.78 is 25.0. The summed E-state index contributed by atoms with van der Waals surface area (Å²) in [5.74, 6) is -10.9. The highest BCUT2D eigenvalue weighted by Gasteiger charge is 2.46. The third-order valence-electron chi connectivity index (χ3n) is 18.5. The van der Waals surface area contributed by atoms with Gasteiger partial charge in [-0.25, -0.2) is 8.42 Å². The fraction of sp³-hybridized carbons (Fsp3) is 0.806. The van der Waals surface area contributed by atoms with E-state index in [9.17, 15) is 47.1 Å². The van der Waals surface area contributed by atoms with Crippen molar-refractivity contribution < 1.29 is 66.3 Å². The van der Waals surface area contributed by atoms with Gasteiger partial charge in [0.25, 0.3) is 0 Å². The molecule has 2 heterocycles. The van der Waals surface area contributed by atoms with E-state index in [4.69, 9.17) is 0 Å². The maximum atomic E-state index is 15.2. The van der Waals surface area contributed by atoms with E-state index in [-0.39, 0.29) is 56.4 Å². The Bertz CT molecular complexity index is 2750. The zero-order valence-electron chi connectivity index (χ0n) is 61.1. The van der Waals surface area contributed by atoms with E-state index < -0.39 is 177 Å². The summed E-state index contributed by atoms with van der Waals surface area (Å²) in [7, 11) is 6.48. The number of hydrogen-bond acceptors (Lipinski definition) is 15. The number of rotatable bonds is 17. The Morgan fingerprint density at radius 1 is 0.521 bits per heavy atom. The predicted molar refractivity (Wildman–Crippen MR) is 362 cm³/mol. The van der Waals surface area contributed by atoms with E-state index in [0.29, 0.717) is 25.9 Å². The number of sulfone groups is 1. The predicted octanol–water partition coefficient (Wildman–Crippen LogP) is 2.37. The monoisotopic (exact) mass is 1350 g/mol. The number of likely N-dealkylation sites (N-methyl/N-ethyl adjacent to an activating group) is 7. The molecule has 0 aromatic carbocycles. The molecule has 0 bridgehead atoms. The van der Waals surface area contributed by atoms with Gasteiger partial charge in [0, 0.05) is 62.1 Å². The molecule has 0 aliphatic carbocycles. The summed E-state index contributed by atoms with van der Waals surface area (Å²) in [5, 5.41) is 22.7. The van der Waals surface area contributed by atoms with E-state index in [2.05, 4.69) is 21.3 Å². The maximum Gasteiger partial charge on any atom is 0.246 e. The van der Waals surface area contributed by atoms with Crippen LogP contribution >= 0.6 is 0 Å². The van der Waals surface area contributed by atoms with Gasteiger partial charge in [-0.1, -0.05) is 102 Å². The largest absolute Gasteiger partial charge is 0.390 e. The Morgan fingerprint density at radius 2 is 0.979 bits per heavy atom. The molecule has 2 saturated heterocycles. The Morgan fingerprint density at radius 3 is 1.45 bits per heavy atom. The standard InChI is InChI=1S/C67H120N12O14S/c1-25-27-28-43(13)57(81)56-61(85)70-48(26-2)63(87)72(17)37-52(80)76(21)55(44(14)36-79-31-29-47(30-32-79)94(24,92)93)60(84)71-53(41(9)10)66(90)73(18)49(33-38(3)4)59(83)68-45(15)58(82)69-46(16)62(86)74(19)50(34-39(5)6)64(88)75(20)51(35-40(7)8)65(89)77(22)54(42(11)12)67(91)78(56)23/h25,27,38-51,53-57,81H,26,28-37H2,1-24H3,(H,68,83)(H,69,82)(H,70,85)(H,71,84)/b27-25+/t43-,44-,45+,46-,48+,49+,50+,51+,53?,54?,55+,56+,57-/m1/s1. The fourth-order valence-electron chi connectivity index (χ4n) is 12.6. The molecule has 0 spiro atoms. The van der Waals surface area contributed by atoms with Gasteiger partial charge in [0.2, 0.25) is 65.0 Å². The molecule has 94 heavy (non-hydrogen) atoms. The summed E-state index contributed by atoms with van der Waals surface area (Å²) in [6.07, 6.45) is 4.58. The van der Waals surface area contributed by atoms with E-state index >= 15 is 19.2 Å². The van der Waals surface area contributed by atoms with Crippen LogP contribution in [0.15, 0.2) is 12.2 Å². The summed E-state index contributed by atoms with van der Waals surface area (Å²) in [5.41, 5.74) is 0. The number of carbonyl (C=O) groups excluding carboxylic acids is 11. The molecule has 2 aliphatic rings. The Balaban J connectivity index is 3.03. The molecule has 13 atom stereocenters. The van der Waals surface area contributed by atoms with Crippen LogP contribution in [0, 0.1) is 41.4 Å². The van der Waals surface area contributed by atoms with Crippen molar-refractivity contribution in [2.45, 2.75) is 227 Å². The van der Waals surface area contributed by atoms with Gasteiger partial charge in [-0.2, -0.15) is 0 Å². The van der Waals surface area contributed by atoms with Crippen molar-refractivity contribution in [1.29, 1.82) is 0 Å². The molecule has 0 aromatic rings. The lowest BCUT2D eigenvalue weighted by atomic mass is 9.91. The molecule has 2 rings (SSSR count). The smallest absolute Gasteiger partial charge is 0.246 e. The van der Waals surface area contributed by atoms with Crippen LogP contribution in [0.25, 0.3) is 0 Å². The van der Waals surface area contributed by atoms with E-state index in [1.165, 1.54) is 93.9 Å². The minimum Gasteiger partial charge on any atom is -0.390 e. The average Bonchev–Trinajstić information content (AvgIpc) is 0.809. The number of carbonyl (C=O) groups is 11. The van der Waals surface area contributed by atoms with Gasteiger partial charge in [-0.3, -0.25) is 52.7 Å². The number of allylic oxidation sites excluding steroid dienone is 2. The van der Waals surface area contributed by atoms with Crippen LogP contribution in [0.1, 0.15) is 156 Å². The molecule has 0 saturated carbocycles. The van der Waals surface area contributed by atoms with Crippen molar-refractivity contribution in [3.05, 3.63) is 12.2 Å². The van der Waals surface area contributed by atoms with Gasteiger partial charge in [0.15, 0.2) is 0 Å². The number of amides is 11. The molecule has 2 fully saturated rings.